The average molecular weight is 295 g/mol. The number of hydrogen-bond donors (Lipinski definition) is 2. The van der Waals surface area contributed by atoms with Gasteiger partial charge in [-0.1, -0.05) is 19.4 Å². The van der Waals surface area contributed by atoms with Crippen molar-refractivity contribution in [3.63, 3.8) is 0 Å². The summed E-state index contributed by atoms with van der Waals surface area (Å²) in [5.41, 5.74) is 0. The van der Waals surface area contributed by atoms with Crippen molar-refractivity contribution in [1.82, 2.24) is 5.32 Å². The second-order valence-corrected chi connectivity index (χ2v) is 5.50. The highest BCUT2D eigenvalue weighted by Crippen LogP contribution is 2.27. The molecule has 0 aliphatic carbocycles. The molecule has 4 nitrogen and oxygen atoms in total. The normalized spacial score (nSPS) is 12.3. The molecule has 0 saturated carbocycles. The van der Waals surface area contributed by atoms with E-state index in [1.165, 1.54) is 12.1 Å². The molecule has 0 aliphatic heterocycles. The summed E-state index contributed by atoms with van der Waals surface area (Å²) >= 11 is 1.15. The molecule has 1 amide bonds. The lowest BCUT2D eigenvalue weighted by atomic mass is 10.1. The first-order valence-electron chi connectivity index (χ1n) is 6.24. The first kappa shape index (κ1) is 14.5. The minimum absolute atomic E-state index is 0.312. The zero-order chi connectivity index (χ0) is 14.7. The van der Waals surface area contributed by atoms with Crippen molar-refractivity contribution in [3.8, 4) is 0 Å². The molecule has 20 heavy (non-hydrogen) atoms. The fourth-order valence-corrected chi connectivity index (χ4v) is 2.89. The van der Waals surface area contributed by atoms with Crippen LogP contribution >= 0.6 is 11.3 Å². The Labute approximate surface area is 119 Å². The summed E-state index contributed by atoms with van der Waals surface area (Å²) in [5.74, 6) is -1.93. The Morgan fingerprint density at radius 3 is 2.80 bits per heavy atom. The number of carboxylic acids is 1. The standard InChI is InChI=1S/C14H14FNO3S/c1-2-4-10(14(18)19)16-13(17)12-7-8-9(15)5-3-6-11(8)20-12/h3,5-7,10H,2,4H2,1H3,(H,16,17)(H,18,19)/t10-/m0/s1. The van der Waals surface area contributed by atoms with Gasteiger partial charge < -0.3 is 10.4 Å². The molecule has 2 rings (SSSR count). The highest BCUT2D eigenvalue weighted by molar-refractivity contribution is 7.20. The van der Waals surface area contributed by atoms with Gasteiger partial charge in [-0.15, -0.1) is 11.3 Å². The summed E-state index contributed by atoms with van der Waals surface area (Å²) < 4.78 is 14.2. The average Bonchev–Trinajstić information content (AvgIpc) is 2.83. The third-order valence-electron chi connectivity index (χ3n) is 2.91. The number of halogens is 1. The van der Waals surface area contributed by atoms with E-state index in [2.05, 4.69) is 5.32 Å². The molecule has 1 aromatic carbocycles. The fraction of sp³-hybridized carbons (Fsp3) is 0.286. The molecule has 0 radical (unpaired) electrons. The van der Waals surface area contributed by atoms with E-state index in [1.54, 1.807) is 12.1 Å². The van der Waals surface area contributed by atoms with E-state index in [9.17, 15) is 14.0 Å². The molecule has 0 unspecified atom stereocenters. The van der Waals surface area contributed by atoms with Crippen molar-refractivity contribution in [2.24, 2.45) is 0 Å². The number of aliphatic carboxylic acids is 1. The van der Waals surface area contributed by atoms with E-state index in [4.69, 9.17) is 5.11 Å². The van der Waals surface area contributed by atoms with Crippen LogP contribution in [0.4, 0.5) is 4.39 Å². The van der Waals surface area contributed by atoms with Crippen LogP contribution in [0.15, 0.2) is 24.3 Å². The highest BCUT2D eigenvalue weighted by Gasteiger charge is 2.21. The van der Waals surface area contributed by atoms with Crippen molar-refractivity contribution in [2.45, 2.75) is 25.8 Å². The van der Waals surface area contributed by atoms with Gasteiger partial charge in [0, 0.05) is 10.1 Å². The summed E-state index contributed by atoms with van der Waals surface area (Å²) in [6.45, 7) is 1.84. The number of carbonyl (C=O) groups is 2. The Morgan fingerprint density at radius 2 is 2.20 bits per heavy atom. The predicted octanol–water partition coefficient (Wildman–Crippen LogP) is 3.02. The third-order valence-corrected chi connectivity index (χ3v) is 4.01. The van der Waals surface area contributed by atoms with E-state index >= 15 is 0 Å². The number of nitrogens with one attached hydrogen (secondary N) is 1. The maximum Gasteiger partial charge on any atom is 0.326 e. The summed E-state index contributed by atoms with van der Waals surface area (Å²) in [6.07, 6.45) is 1.01. The van der Waals surface area contributed by atoms with Gasteiger partial charge in [-0.25, -0.2) is 9.18 Å². The van der Waals surface area contributed by atoms with Crippen LogP contribution in [0.5, 0.6) is 0 Å². The van der Waals surface area contributed by atoms with Gasteiger partial charge in [0.25, 0.3) is 5.91 Å². The van der Waals surface area contributed by atoms with Crippen molar-refractivity contribution < 1.29 is 19.1 Å². The van der Waals surface area contributed by atoms with Crippen molar-refractivity contribution in [3.05, 3.63) is 35.0 Å². The van der Waals surface area contributed by atoms with Crippen LogP contribution in [0.3, 0.4) is 0 Å². The highest BCUT2D eigenvalue weighted by atomic mass is 32.1. The van der Waals surface area contributed by atoms with Gasteiger partial charge in [0.05, 0.1) is 4.88 Å². The third kappa shape index (κ3) is 2.96. The number of rotatable bonds is 5. The maximum atomic E-state index is 13.6. The van der Waals surface area contributed by atoms with Crippen LogP contribution in [0.25, 0.3) is 10.1 Å². The van der Waals surface area contributed by atoms with Crippen molar-refractivity contribution in [2.75, 3.05) is 0 Å². The molecule has 0 fully saturated rings. The van der Waals surface area contributed by atoms with E-state index in [-0.39, 0.29) is 5.82 Å². The van der Waals surface area contributed by atoms with E-state index in [0.29, 0.717) is 27.8 Å². The SMILES string of the molecule is CCC[C@H](NC(=O)c1cc2c(F)cccc2s1)C(=O)O. The molecule has 0 bridgehead atoms. The second-order valence-electron chi connectivity index (χ2n) is 4.42. The summed E-state index contributed by atoms with van der Waals surface area (Å²) in [6, 6.07) is 5.17. The first-order chi connectivity index (χ1) is 9.52. The zero-order valence-corrected chi connectivity index (χ0v) is 11.7. The van der Waals surface area contributed by atoms with Crippen LogP contribution in [0.2, 0.25) is 0 Å². The molecule has 1 heterocycles. The lowest BCUT2D eigenvalue weighted by Crippen LogP contribution is -2.40. The molecule has 106 valence electrons. The summed E-state index contributed by atoms with van der Waals surface area (Å²) in [4.78, 5) is 23.4. The lowest BCUT2D eigenvalue weighted by molar-refractivity contribution is -0.139. The molecular formula is C14H14FNO3S. The smallest absolute Gasteiger partial charge is 0.326 e. The Kier molecular flexibility index (Phi) is 4.34. The van der Waals surface area contributed by atoms with Gasteiger partial charge in [0.1, 0.15) is 11.9 Å². The number of carbonyl (C=O) groups excluding carboxylic acids is 1. The molecular weight excluding hydrogens is 281 g/mol. The number of fused-ring (bicyclic) bond motifs is 1. The number of thiophene rings is 1. The van der Waals surface area contributed by atoms with Crippen LogP contribution in [-0.2, 0) is 4.79 Å². The quantitative estimate of drug-likeness (QED) is 0.891. The van der Waals surface area contributed by atoms with E-state index in [1.807, 2.05) is 6.92 Å². The number of carboxylic acid groups (broad SMARTS) is 1. The zero-order valence-electron chi connectivity index (χ0n) is 10.9. The fourth-order valence-electron chi connectivity index (χ4n) is 1.91. The Bertz CT molecular complexity index is 653. The Balaban J connectivity index is 2.22. The van der Waals surface area contributed by atoms with Gasteiger partial charge >= 0.3 is 5.97 Å². The van der Waals surface area contributed by atoms with E-state index < -0.39 is 17.9 Å². The Morgan fingerprint density at radius 1 is 1.45 bits per heavy atom. The van der Waals surface area contributed by atoms with Crippen molar-refractivity contribution >= 4 is 33.3 Å². The van der Waals surface area contributed by atoms with Crippen LogP contribution in [0, 0.1) is 5.82 Å². The van der Waals surface area contributed by atoms with Gasteiger partial charge in [0.15, 0.2) is 0 Å². The number of benzene rings is 1. The Hall–Kier alpha value is -1.95. The number of amides is 1. The maximum absolute atomic E-state index is 13.6. The molecule has 0 saturated heterocycles. The molecule has 1 atom stereocenters. The molecule has 1 aromatic heterocycles. The van der Waals surface area contributed by atoms with Gasteiger partial charge in [-0.3, -0.25) is 4.79 Å². The summed E-state index contributed by atoms with van der Waals surface area (Å²) in [5, 5.41) is 11.9. The minimum Gasteiger partial charge on any atom is -0.480 e. The van der Waals surface area contributed by atoms with Crippen LogP contribution < -0.4 is 5.32 Å². The lowest BCUT2D eigenvalue weighted by Gasteiger charge is -2.12. The van der Waals surface area contributed by atoms with E-state index in [0.717, 1.165) is 11.3 Å². The molecule has 2 N–H and O–H groups in total. The molecule has 0 aliphatic rings. The van der Waals surface area contributed by atoms with Gasteiger partial charge in [-0.2, -0.15) is 0 Å². The second kappa shape index (κ2) is 6.00. The minimum atomic E-state index is -1.06. The molecule has 2 aromatic rings. The topological polar surface area (TPSA) is 66.4 Å². The molecule has 6 heteroatoms. The monoisotopic (exact) mass is 295 g/mol. The van der Waals surface area contributed by atoms with Crippen molar-refractivity contribution in [1.29, 1.82) is 0 Å². The largest absolute Gasteiger partial charge is 0.480 e. The molecule has 0 spiro atoms. The van der Waals surface area contributed by atoms with Crippen LogP contribution in [-0.4, -0.2) is 23.0 Å². The number of hydrogen-bond acceptors (Lipinski definition) is 3. The summed E-state index contributed by atoms with van der Waals surface area (Å²) in [7, 11) is 0. The van der Waals surface area contributed by atoms with Crippen LogP contribution in [0.1, 0.15) is 29.4 Å². The van der Waals surface area contributed by atoms with Gasteiger partial charge in [-0.05, 0) is 24.6 Å². The predicted molar refractivity (Wildman–Crippen MR) is 75.6 cm³/mol. The van der Waals surface area contributed by atoms with Gasteiger partial charge in [0.2, 0.25) is 0 Å². The first-order valence-corrected chi connectivity index (χ1v) is 7.06.